The third-order valence-electron chi connectivity index (χ3n) is 3.81. The number of benzene rings is 1. The van der Waals surface area contributed by atoms with Crippen LogP contribution in [0.4, 0.5) is 5.69 Å². The zero-order chi connectivity index (χ0) is 18.4. The number of carbonyl (C=O) groups excluding carboxylic acids is 1. The van der Waals surface area contributed by atoms with Crippen LogP contribution in [0.3, 0.4) is 0 Å². The molecule has 0 unspecified atom stereocenters. The molecule has 132 valence electrons. The van der Waals surface area contributed by atoms with Gasteiger partial charge in [0.15, 0.2) is 5.75 Å². The molecule has 7 heteroatoms. The Morgan fingerprint density at radius 2 is 2.08 bits per heavy atom. The van der Waals surface area contributed by atoms with Crippen molar-refractivity contribution in [3.8, 4) is 5.75 Å². The van der Waals surface area contributed by atoms with Crippen LogP contribution >= 0.6 is 0 Å². The molecule has 0 radical (unpaired) electrons. The highest BCUT2D eigenvalue weighted by Crippen LogP contribution is 2.28. The molecule has 0 spiro atoms. The summed E-state index contributed by atoms with van der Waals surface area (Å²) in [5, 5.41) is 11.1. The summed E-state index contributed by atoms with van der Waals surface area (Å²) in [5.41, 5.74) is 1.37. The maximum absolute atomic E-state index is 12.7. The number of aromatic nitrogens is 1. The van der Waals surface area contributed by atoms with Gasteiger partial charge < -0.3 is 9.64 Å². The number of nitro benzene ring substituents is 1. The summed E-state index contributed by atoms with van der Waals surface area (Å²) in [6, 6.07) is 8.31. The number of ether oxygens (including phenoxy) is 1. The molecule has 0 aliphatic carbocycles. The average molecular weight is 343 g/mol. The Morgan fingerprint density at radius 3 is 2.64 bits per heavy atom. The number of carbonyl (C=O) groups is 1. The molecule has 0 N–H and O–H groups in total. The first-order valence-electron chi connectivity index (χ1n) is 7.92. The van der Waals surface area contributed by atoms with Crippen LogP contribution < -0.4 is 4.74 Å². The predicted octanol–water partition coefficient (Wildman–Crippen LogP) is 2.98. The van der Waals surface area contributed by atoms with E-state index in [0.717, 1.165) is 5.56 Å². The van der Waals surface area contributed by atoms with Gasteiger partial charge in [-0.1, -0.05) is 12.1 Å². The molecule has 25 heavy (non-hydrogen) atoms. The number of hydrogen-bond donors (Lipinski definition) is 0. The van der Waals surface area contributed by atoms with Crippen LogP contribution in [0.5, 0.6) is 5.75 Å². The van der Waals surface area contributed by atoms with Gasteiger partial charge in [-0.2, -0.15) is 0 Å². The molecule has 0 saturated heterocycles. The number of pyridine rings is 1. The summed E-state index contributed by atoms with van der Waals surface area (Å²) in [5.74, 6) is 0.0793. The van der Waals surface area contributed by atoms with Crippen molar-refractivity contribution in [2.75, 3.05) is 7.11 Å². The van der Waals surface area contributed by atoms with Crippen molar-refractivity contribution in [3.05, 3.63) is 64.0 Å². The lowest BCUT2D eigenvalue weighted by Gasteiger charge is -2.27. The molecule has 0 bridgehead atoms. The first-order valence-corrected chi connectivity index (χ1v) is 7.92. The molecular formula is C18H21N3O4. The molecular weight excluding hydrogens is 322 g/mol. The van der Waals surface area contributed by atoms with Crippen molar-refractivity contribution in [1.82, 2.24) is 9.88 Å². The van der Waals surface area contributed by atoms with Gasteiger partial charge in [-0.3, -0.25) is 19.9 Å². The van der Waals surface area contributed by atoms with Gasteiger partial charge in [-0.15, -0.1) is 0 Å². The molecule has 0 atom stereocenters. The van der Waals surface area contributed by atoms with Gasteiger partial charge in [0.05, 0.1) is 18.5 Å². The number of rotatable bonds is 7. The Hall–Kier alpha value is -2.96. The van der Waals surface area contributed by atoms with Gasteiger partial charge in [0, 0.05) is 31.0 Å². The lowest BCUT2D eigenvalue weighted by atomic mass is 10.1. The topological polar surface area (TPSA) is 85.6 Å². The molecule has 0 fully saturated rings. The number of hydrogen-bond acceptors (Lipinski definition) is 5. The first kappa shape index (κ1) is 18.4. The van der Waals surface area contributed by atoms with Crippen molar-refractivity contribution >= 4 is 11.6 Å². The van der Waals surface area contributed by atoms with Gasteiger partial charge in [-0.25, -0.2) is 0 Å². The van der Waals surface area contributed by atoms with E-state index in [4.69, 9.17) is 4.74 Å². The summed E-state index contributed by atoms with van der Waals surface area (Å²) in [4.78, 5) is 29.1. The molecule has 1 heterocycles. The van der Waals surface area contributed by atoms with E-state index in [1.54, 1.807) is 23.4 Å². The molecule has 7 nitrogen and oxygen atoms in total. The highest BCUT2D eigenvalue weighted by Gasteiger charge is 2.20. The second kappa shape index (κ2) is 8.23. The van der Waals surface area contributed by atoms with Gasteiger partial charge in [0.1, 0.15) is 0 Å². The molecule has 1 amide bonds. The molecule has 0 saturated carbocycles. The molecule has 2 aromatic rings. The predicted molar refractivity (Wildman–Crippen MR) is 93.3 cm³/mol. The Morgan fingerprint density at radius 1 is 1.32 bits per heavy atom. The van der Waals surface area contributed by atoms with Crippen molar-refractivity contribution < 1.29 is 14.5 Å². The quantitative estimate of drug-likeness (QED) is 0.570. The van der Waals surface area contributed by atoms with E-state index < -0.39 is 4.92 Å². The third kappa shape index (κ3) is 4.76. The monoisotopic (exact) mass is 343 g/mol. The highest BCUT2D eigenvalue weighted by atomic mass is 16.6. The maximum Gasteiger partial charge on any atom is 0.311 e. The number of nitro groups is 1. The fraction of sp³-hybridized carbons (Fsp3) is 0.333. The fourth-order valence-corrected chi connectivity index (χ4v) is 2.51. The first-order chi connectivity index (χ1) is 11.9. The standard InChI is InChI=1S/C18H21N3O4/c1-13(2)20(12-15-5-4-8-19-11-15)18(22)10-14-6-7-17(25-3)16(9-14)21(23)24/h4-9,11,13H,10,12H2,1-3H3. The van der Waals surface area contributed by atoms with Gasteiger partial charge in [0.2, 0.25) is 5.91 Å². The Labute approximate surface area is 146 Å². The van der Waals surface area contributed by atoms with E-state index in [1.807, 2.05) is 26.0 Å². The second-order valence-corrected chi connectivity index (χ2v) is 5.92. The average Bonchev–Trinajstić information content (AvgIpc) is 2.60. The van der Waals surface area contributed by atoms with E-state index in [2.05, 4.69) is 4.98 Å². The molecule has 1 aromatic carbocycles. The van der Waals surface area contributed by atoms with Gasteiger partial charge >= 0.3 is 5.69 Å². The molecule has 2 rings (SSSR count). The van der Waals surface area contributed by atoms with Crippen molar-refractivity contribution in [2.24, 2.45) is 0 Å². The fourth-order valence-electron chi connectivity index (χ4n) is 2.51. The normalized spacial score (nSPS) is 10.6. The van der Waals surface area contributed by atoms with Crippen molar-refractivity contribution in [1.29, 1.82) is 0 Å². The van der Waals surface area contributed by atoms with Gasteiger partial charge in [0.25, 0.3) is 0 Å². The van der Waals surface area contributed by atoms with Crippen LogP contribution in [0.2, 0.25) is 0 Å². The Kier molecular flexibility index (Phi) is 6.05. The smallest absolute Gasteiger partial charge is 0.311 e. The van der Waals surface area contributed by atoms with Crippen LogP contribution in [-0.2, 0) is 17.8 Å². The van der Waals surface area contributed by atoms with E-state index in [9.17, 15) is 14.9 Å². The molecule has 0 aliphatic heterocycles. The van der Waals surface area contributed by atoms with Crippen molar-refractivity contribution in [3.63, 3.8) is 0 Å². The second-order valence-electron chi connectivity index (χ2n) is 5.92. The zero-order valence-corrected chi connectivity index (χ0v) is 14.5. The van der Waals surface area contributed by atoms with Crippen molar-refractivity contribution in [2.45, 2.75) is 32.9 Å². The summed E-state index contributed by atoms with van der Waals surface area (Å²) < 4.78 is 4.99. The SMILES string of the molecule is COc1ccc(CC(=O)N(Cc2cccnc2)C(C)C)cc1[N+](=O)[O-]. The maximum atomic E-state index is 12.7. The third-order valence-corrected chi connectivity index (χ3v) is 3.81. The summed E-state index contributed by atoms with van der Waals surface area (Å²) in [6.45, 7) is 4.32. The summed E-state index contributed by atoms with van der Waals surface area (Å²) in [7, 11) is 1.38. The van der Waals surface area contributed by atoms with E-state index in [-0.39, 0.29) is 29.8 Å². The van der Waals surface area contributed by atoms with E-state index in [1.165, 1.54) is 19.2 Å². The lowest BCUT2D eigenvalue weighted by molar-refractivity contribution is -0.385. The largest absolute Gasteiger partial charge is 0.490 e. The minimum Gasteiger partial charge on any atom is -0.490 e. The minimum absolute atomic E-state index is 0.000871. The Balaban J connectivity index is 2.18. The van der Waals surface area contributed by atoms with Crippen LogP contribution in [0, 0.1) is 10.1 Å². The van der Waals surface area contributed by atoms with Gasteiger partial charge in [-0.05, 0) is 37.1 Å². The van der Waals surface area contributed by atoms with E-state index in [0.29, 0.717) is 12.1 Å². The number of methoxy groups -OCH3 is 1. The van der Waals surface area contributed by atoms with E-state index >= 15 is 0 Å². The summed E-state index contributed by atoms with van der Waals surface area (Å²) in [6.07, 6.45) is 3.49. The minimum atomic E-state index is -0.511. The Bertz CT molecular complexity index is 747. The number of amides is 1. The lowest BCUT2D eigenvalue weighted by Crippen LogP contribution is -2.37. The number of nitrogens with zero attached hydrogens (tertiary/aromatic N) is 3. The zero-order valence-electron chi connectivity index (χ0n) is 14.5. The molecule has 0 aliphatic rings. The summed E-state index contributed by atoms with van der Waals surface area (Å²) >= 11 is 0. The van der Waals surface area contributed by atoms with Crippen LogP contribution in [0.1, 0.15) is 25.0 Å². The van der Waals surface area contributed by atoms with Crippen LogP contribution in [0.15, 0.2) is 42.7 Å². The molecule has 1 aromatic heterocycles. The van der Waals surface area contributed by atoms with Crippen LogP contribution in [0.25, 0.3) is 0 Å². The van der Waals surface area contributed by atoms with Crippen LogP contribution in [-0.4, -0.2) is 33.9 Å². The highest BCUT2D eigenvalue weighted by molar-refractivity contribution is 5.79.